The second-order valence-corrected chi connectivity index (χ2v) is 4.63. The summed E-state index contributed by atoms with van der Waals surface area (Å²) in [6.07, 6.45) is 0. The van der Waals surface area contributed by atoms with Gasteiger partial charge in [-0.25, -0.2) is 4.79 Å². The first-order valence-electron chi connectivity index (χ1n) is 5.63. The molecule has 19 heavy (non-hydrogen) atoms. The molecule has 0 radical (unpaired) electrons. The quantitative estimate of drug-likeness (QED) is 0.748. The van der Waals surface area contributed by atoms with Gasteiger partial charge in [-0.15, -0.1) is 0 Å². The second kappa shape index (κ2) is 5.20. The molecule has 0 bridgehead atoms. The number of hydrogen-bond acceptors (Lipinski definition) is 3. The van der Waals surface area contributed by atoms with Gasteiger partial charge in [-0.2, -0.15) is 0 Å². The molecule has 0 unspecified atom stereocenters. The van der Waals surface area contributed by atoms with Gasteiger partial charge in [-0.3, -0.25) is 0 Å². The zero-order valence-electron chi connectivity index (χ0n) is 10.3. The van der Waals surface area contributed by atoms with Crippen molar-refractivity contribution in [3.05, 3.63) is 52.5 Å². The number of aryl methyl sites for hydroxylation is 1. The minimum atomic E-state index is -1.04. The van der Waals surface area contributed by atoms with Crippen LogP contribution in [0.25, 0.3) is 0 Å². The maximum Gasteiger partial charge on any atom is 0.337 e. The first-order valence-corrected chi connectivity index (χ1v) is 6.01. The molecule has 2 aromatic carbocycles. The molecule has 4 N–H and O–H groups in total. The lowest BCUT2D eigenvalue weighted by molar-refractivity contribution is 0.0698. The summed E-state index contributed by atoms with van der Waals surface area (Å²) in [6.45, 7) is 1.77. The predicted octanol–water partition coefficient (Wildman–Crippen LogP) is 3.67. The normalized spacial score (nSPS) is 10.2. The number of nitrogens with one attached hydrogen (secondary N) is 1. The van der Waals surface area contributed by atoms with Gasteiger partial charge in [0.2, 0.25) is 0 Å². The van der Waals surface area contributed by atoms with Crippen LogP contribution in [0, 0.1) is 6.92 Å². The number of carboxylic acid groups (broad SMARTS) is 1. The first-order chi connectivity index (χ1) is 8.97. The fourth-order valence-electron chi connectivity index (χ4n) is 1.75. The molecular weight excluding hydrogens is 264 g/mol. The average molecular weight is 277 g/mol. The van der Waals surface area contributed by atoms with E-state index in [-0.39, 0.29) is 11.3 Å². The van der Waals surface area contributed by atoms with E-state index in [4.69, 9.17) is 22.4 Å². The van der Waals surface area contributed by atoms with Crippen molar-refractivity contribution in [2.24, 2.45) is 0 Å². The number of carboxylic acids is 1. The highest BCUT2D eigenvalue weighted by atomic mass is 35.5. The summed E-state index contributed by atoms with van der Waals surface area (Å²) in [6, 6.07) is 10.5. The van der Waals surface area contributed by atoms with Crippen LogP contribution in [0.15, 0.2) is 36.4 Å². The lowest BCUT2D eigenvalue weighted by atomic mass is 10.1. The Balaban J connectivity index is 2.35. The van der Waals surface area contributed by atoms with Crippen LogP contribution in [-0.4, -0.2) is 11.1 Å². The van der Waals surface area contributed by atoms with Crippen LogP contribution < -0.4 is 11.1 Å². The van der Waals surface area contributed by atoms with Crippen molar-refractivity contribution in [2.45, 2.75) is 6.92 Å². The Morgan fingerprint density at radius 2 is 1.84 bits per heavy atom. The van der Waals surface area contributed by atoms with Gasteiger partial charge >= 0.3 is 5.97 Å². The van der Waals surface area contributed by atoms with Crippen molar-refractivity contribution in [1.82, 2.24) is 0 Å². The van der Waals surface area contributed by atoms with Crippen molar-refractivity contribution >= 4 is 34.6 Å². The number of nitrogen functional groups attached to an aromatic ring is 1. The molecule has 2 rings (SSSR count). The highest BCUT2D eigenvalue weighted by Gasteiger charge is 2.11. The molecule has 5 heteroatoms. The van der Waals surface area contributed by atoms with Gasteiger partial charge in [0.1, 0.15) is 0 Å². The Bertz CT molecular complexity index is 624. The van der Waals surface area contributed by atoms with Crippen LogP contribution >= 0.6 is 11.6 Å². The van der Waals surface area contributed by atoms with Gasteiger partial charge in [0.15, 0.2) is 0 Å². The van der Waals surface area contributed by atoms with Gasteiger partial charge < -0.3 is 16.2 Å². The second-order valence-electron chi connectivity index (χ2n) is 4.19. The molecule has 4 nitrogen and oxygen atoms in total. The number of carbonyl (C=O) groups is 1. The van der Waals surface area contributed by atoms with Gasteiger partial charge in [-0.1, -0.05) is 11.6 Å². The third-order valence-electron chi connectivity index (χ3n) is 2.75. The fraction of sp³-hybridized carbons (Fsp3) is 0.0714. The van der Waals surface area contributed by atoms with Crippen LogP contribution in [0.3, 0.4) is 0 Å². The maximum absolute atomic E-state index is 11.1. The number of nitrogens with two attached hydrogens (primary N) is 1. The highest BCUT2D eigenvalue weighted by Crippen LogP contribution is 2.26. The molecule has 0 amide bonds. The number of benzene rings is 2. The van der Waals surface area contributed by atoms with E-state index in [1.807, 2.05) is 12.1 Å². The molecule has 0 aliphatic rings. The SMILES string of the molecule is Cc1cc(Nc2ccc(Cl)cc2)cc(C(=O)O)c1N. The Labute approximate surface area is 115 Å². The molecule has 0 aromatic heterocycles. The third-order valence-corrected chi connectivity index (χ3v) is 3.00. The first kappa shape index (κ1) is 13.2. The summed E-state index contributed by atoms with van der Waals surface area (Å²) in [4.78, 5) is 11.1. The molecule has 98 valence electrons. The molecular formula is C14H13ClN2O2. The molecule has 0 spiro atoms. The van der Waals surface area contributed by atoms with E-state index in [9.17, 15) is 4.79 Å². The van der Waals surface area contributed by atoms with E-state index in [1.54, 1.807) is 25.1 Å². The van der Waals surface area contributed by atoms with Gasteiger partial charge in [0.05, 0.1) is 5.56 Å². The summed E-state index contributed by atoms with van der Waals surface area (Å²) >= 11 is 5.81. The molecule has 0 saturated heterocycles. The summed E-state index contributed by atoms with van der Waals surface area (Å²) < 4.78 is 0. The summed E-state index contributed by atoms with van der Waals surface area (Å²) in [7, 11) is 0. The number of hydrogen-bond donors (Lipinski definition) is 3. The van der Waals surface area contributed by atoms with Crippen molar-refractivity contribution in [2.75, 3.05) is 11.1 Å². The monoisotopic (exact) mass is 276 g/mol. The van der Waals surface area contributed by atoms with E-state index in [0.29, 0.717) is 10.7 Å². The van der Waals surface area contributed by atoms with E-state index in [2.05, 4.69) is 5.32 Å². The minimum Gasteiger partial charge on any atom is -0.478 e. The number of anilines is 3. The van der Waals surface area contributed by atoms with E-state index >= 15 is 0 Å². The Hall–Kier alpha value is -2.20. The molecule has 0 fully saturated rings. The maximum atomic E-state index is 11.1. The predicted molar refractivity (Wildman–Crippen MR) is 77.3 cm³/mol. The van der Waals surface area contributed by atoms with E-state index < -0.39 is 5.97 Å². The number of rotatable bonds is 3. The largest absolute Gasteiger partial charge is 0.478 e. The van der Waals surface area contributed by atoms with Gasteiger partial charge in [0, 0.05) is 22.1 Å². The van der Waals surface area contributed by atoms with Crippen LogP contribution in [-0.2, 0) is 0 Å². The molecule has 0 heterocycles. The topological polar surface area (TPSA) is 75.3 Å². The molecule has 0 aliphatic carbocycles. The van der Waals surface area contributed by atoms with Crippen LogP contribution in [0.1, 0.15) is 15.9 Å². The zero-order chi connectivity index (χ0) is 14.0. The lowest BCUT2D eigenvalue weighted by Gasteiger charge is -2.11. The smallest absolute Gasteiger partial charge is 0.337 e. The third kappa shape index (κ3) is 2.98. The van der Waals surface area contributed by atoms with Crippen molar-refractivity contribution in [1.29, 1.82) is 0 Å². The summed E-state index contributed by atoms with van der Waals surface area (Å²) in [5.41, 5.74) is 8.34. The van der Waals surface area contributed by atoms with Crippen molar-refractivity contribution in [3.63, 3.8) is 0 Å². The molecule has 0 saturated carbocycles. The summed E-state index contributed by atoms with van der Waals surface area (Å²) in [5, 5.41) is 12.9. The standard InChI is InChI=1S/C14H13ClN2O2/c1-8-6-11(7-12(13(8)16)14(18)19)17-10-4-2-9(15)3-5-10/h2-7,17H,16H2,1H3,(H,18,19). The van der Waals surface area contributed by atoms with E-state index in [0.717, 1.165) is 11.3 Å². The molecule has 0 aliphatic heterocycles. The van der Waals surface area contributed by atoms with Gasteiger partial charge in [0.25, 0.3) is 0 Å². The van der Waals surface area contributed by atoms with Crippen LogP contribution in [0.5, 0.6) is 0 Å². The lowest BCUT2D eigenvalue weighted by Crippen LogP contribution is -2.05. The molecule has 0 atom stereocenters. The van der Waals surface area contributed by atoms with Crippen LogP contribution in [0.4, 0.5) is 17.1 Å². The van der Waals surface area contributed by atoms with Gasteiger partial charge in [-0.05, 0) is 48.9 Å². The summed E-state index contributed by atoms with van der Waals surface area (Å²) in [5.74, 6) is -1.04. The van der Waals surface area contributed by atoms with E-state index in [1.165, 1.54) is 6.07 Å². The van der Waals surface area contributed by atoms with Crippen molar-refractivity contribution < 1.29 is 9.90 Å². The average Bonchev–Trinajstić information content (AvgIpc) is 2.36. The minimum absolute atomic E-state index is 0.0939. The Kier molecular flexibility index (Phi) is 3.62. The fourth-order valence-corrected chi connectivity index (χ4v) is 1.87. The van der Waals surface area contributed by atoms with Crippen molar-refractivity contribution in [3.8, 4) is 0 Å². The van der Waals surface area contributed by atoms with Crippen LogP contribution in [0.2, 0.25) is 5.02 Å². The number of aromatic carboxylic acids is 1. The zero-order valence-corrected chi connectivity index (χ0v) is 11.0. The Morgan fingerprint density at radius 3 is 2.42 bits per heavy atom. The highest BCUT2D eigenvalue weighted by molar-refractivity contribution is 6.30. The Morgan fingerprint density at radius 1 is 1.21 bits per heavy atom. The number of halogens is 1. The molecule has 2 aromatic rings.